The van der Waals surface area contributed by atoms with E-state index in [1.165, 1.54) is 4.57 Å². The first-order chi connectivity index (χ1) is 10.5. The van der Waals surface area contributed by atoms with Crippen LogP contribution in [0.4, 0.5) is 5.69 Å². The summed E-state index contributed by atoms with van der Waals surface area (Å²) in [5.41, 5.74) is 2.44. The zero-order chi connectivity index (χ0) is 15.9. The Labute approximate surface area is 139 Å². The molecule has 0 fully saturated rings. The first-order valence-electron chi connectivity index (χ1n) is 6.16. The fraction of sp³-hybridized carbons (Fsp3) is 0.0714. The van der Waals surface area contributed by atoms with Gasteiger partial charge in [-0.2, -0.15) is 0 Å². The topological polar surface area (TPSA) is 74.8 Å². The molecule has 0 bridgehead atoms. The molecule has 1 aliphatic rings. The monoisotopic (exact) mass is 352 g/mol. The Bertz CT molecular complexity index is 896. The van der Waals surface area contributed by atoms with Crippen LogP contribution in [0.15, 0.2) is 23.2 Å². The minimum atomic E-state index is -1.07. The maximum Gasteiger partial charge on any atom is 0.323 e. The molecule has 0 unspecified atom stereocenters. The zero-order valence-corrected chi connectivity index (χ0v) is 13.4. The van der Waals surface area contributed by atoms with Crippen molar-refractivity contribution in [1.29, 1.82) is 0 Å². The van der Waals surface area contributed by atoms with E-state index in [4.69, 9.17) is 28.9 Å². The number of carbonyl (C=O) groups is 1. The summed E-state index contributed by atoms with van der Waals surface area (Å²) in [6.07, 6.45) is 3.39. The summed E-state index contributed by atoms with van der Waals surface area (Å²) in [5.74, 6) is -1.23. The number of aromatic nitrogens is 1. The smallest absolute Gasteiger partial charge is 0.323 e. The lowest BCUT2D eigenvalue weighted by atomic mass is 10.1. The number of benzene rings is 1. The highest BCUT2D eigenvalue weighted by Gasteiger charge is 2.16. The van der Waals surface area contributed by atoms with E-state index in [-0.39, 0.29) is 12.4 Å². The first-order valence-corrected chi connectivity index (χ1v) is 7.76. The third kappa shape index (κ3) is 2.70. The predicted octanol–water partition coefficient (Wildman–Crippen LogP) is 3.98. The van der Waals surface area contributed by atoms with Crippen molar-refractivity contribution in [1.82, 2.24) is 4.57 Å². The standard InChI is InChI=1S/C14H9ClN2O3S2/c15-8-1-2-10-9(4-8)7(5-16-10)3-11-13(20)17(6-12(18)19)14(21)22-11/h1-5,20H,6H2,(H,18,19)/b7-3+. The van der Waals surface area contributed by atoms with Gasteiger partial charge in [0.05, 0.1) is 10.6 Å². The molecule has 0 aliphatic carbocycles. The number of aliphatic imine (C=N–C) groups is 1. The molecule has 0 amide bonds. The third-order valence-electron chi connectivity index (χ3n) is 3.09. The summed E-state index contributed by atoms with van der Waals surface area (Å²) >= 11 is 12.2. The molecule has 22 heavy (non-hydrogen) atoms. The molecule has 2 N–H and O–H groups in total. The maximum absolute atomic E-state index is 10.8. The molecule has 5 nitrogen and oxygen atoms in total. The van der Waals surface area contributed by atoms with Crippen LogP contribution in [0.3, 0.4) is 0 Å². The average Bonchev–Trinajstić information content (AvgIpc) is 2.95. The number of nitrogens with zero attached hydrogens (tertiary/aromatic N) is 2. The van der Waals surface area contributed by atoms with Crippen LogP contribution < -0.4 is 0 Å². The lowest BCUT2D eigenvalue weighted by Gasteiger charge is -2.01. The third-order valence-corrected chi connectivity index (χ3v) is 4.71. The van der Waals surface area contributed by atoms with Gasteiger partial charge < -0.3 is 10.2 Å². The van der Waals surface area contributed by atoms with Gasteiger partial charge in [-0.3, -0.25) is 14.4 Å². The minimum absolute atomic E-state index is 0.159. The number of hydrogen-bond donors (Lipinski definition) is 2. The number of thiazole rings is 1. The van der Waals surface area contributed by atoms with Crippen molar-refractivity contribution in [3.63, 3.8) is 0 Å². The lowest BCUT2D eigenvalue weighted by molar-refractivity contribution is -0.137. The molecule has 0 saturated heterocycles. The molecule has 3 rings (SSSR count). The highest BCUT2D eigenvalue weighted by molar-refractivity contribution is 7.73. The van der Waals surface area contributed by atoms with E-state index >= 15 is 0 Å². The van der Waals surface area contributed by atoms with Crippen LogP contribution in [0.2, 0.25) is 5.02 Å². The molecule has 0 radical (unpaired) electrons. The van der Waals surface area contributed by atoms with Gasteiger partial charge in [-0.1, -0.05) is 11.6 Å². The lowest BCUT2D eigenvalue weighted by Crippen LogP contribution is -2.07. The fourth-order valence-electron chi connectivity index (χ4n) is 2.10. The van der Waals surface area contributed by atoms with E-state index in [2.05, 4.69) is 4.99 Å². The number of fused-ring (bicyclic) bond motifs is 1. The van der Waals surface area contributed by atoms with E-state index in [1.54, 1.807) is 24.4 Å². The molecular formula is C14H9ClN2O3S2. The number of aliphatic carboxylic acids is 1. The molecule has 0 saturated carbocycles. The van der Waals surface area contributed by atoms with Crippen LogP contribution in [0.25, 0.3) is 11.6 Å². The van der Waals surface area contributed by atoms with E-state index < -0.39 is 5.97 Å². The number of hydrogen-bond acceptors (Lipinski definition) is 5. The Balaban J connectivity index is 2.05. The predicted molar refractivity (Wildman–Crippen MR) is 89.9 cm³/mol. The summed E-state index contributed by atoms with van der Waals surface area (Å²) in [5, 5.41) is 19.6. The quantitative estimate of drug-likeness (QED) is 0.819. The van der Waals surface area contributed by atoms with Crippen LogP contribution in [0.5, 0.6) is 5.88 Å². The molecule has 2 heterocycles. The average molecular weight is 353 g/mol. The fourth-order valence-corrected chi connectivity index (χ4v) is 3.53. The van der Waals surface area contributed by atoms with E-state index in [0.29, 0.717) is 13.9 Å². The Kier molecular flexibility index (Phi) is 3.86. The van der Waals surface area contributed by atoms with E-state index in [9.17, 15) is 9.90 Å². The molecular weight excluding hydrogens is 344 g/mol. The van der Waals surface area contributed by atoms with Crippen LogP contribution in [0, 0.1) is 3.95 Å². The highest BCUT2D eigenvalue weighted by Crippen LogP contribution is 2.37. The maximum atomic E-state index is 10.8. The van der Waals surface area contributed by atoms with Crippen LogP contribution in [0.1, 0.15) is 10.4 Å². The molecule has 1 aromatic carbocycles. The van der Waals surface area contributed by atoms with Gasteiger partial charge in [0.1, 0.15) is 6.54 Å². The molecule has 2 aromatic rings. The minimum Gasteiger partial charge on any atom is -0.493 e. The summed E-state index contributed by atoms with van der Waals surface area (Å²) in [6, 6.07) is 5.36. The molecule has 1 aromatic heterocycles. The second kappa shape index (κ2) is 5.68. The molecule has 1 aliphatic heterocycles. The summed E-state index contributed by atoms with van der Waals surface area (Å²) < 4.78 is 1.48. The number of halogens is 1. The Morgan fingerprint density at radius 2 is 2.27 bits per heavy atom. The van der Waals surface area contributed by atoms with Gasteiger partial charge in [0.2, 0.25) is 5.88 Å². The Hall–Kier alpha value is -1.96. The normalized spacial score (nSPS) is 14.5. The van der Waals surface area contributed by atoms with E-state index in [1.807, 2.05) is 6.07 Å². The van der Waals surface area contributed by atoms with Crippen molar-refractivity contribution < 1.29 is 15.0 Å². The van der Waals surface area contributed by atoms with Crippen molar-refractivity contribution in [2.24, 2.45) is 4.99 Å². The van der Waals surface area contributed by atoms with Crippen LogP contribution in [-0.4, -0.2) is 27.0 Å². The highest BCUT2D eigenvalue weighted by atomic mass is 35.5. The van der Waals surface area contributed by atoms with E-state index in [0.717, 1.165) is 28.2 Å². The number of carboxylic acids is 1. The number of aromatic hydroxyl groups is 1. The van der Waals surface area contributed by atoms with Gasteiger partial charge in [0.25, 0.3) is 0 Å². The van der Waals surface area contributed by atoms with Crippen LogP contribution >= 0.6 is 35.2 Å². The first kappa shape index (κ1) is 15.0. The van der Waals surface area contributed by atoms with Crippen molar-refractivity contribution in [3.05, 3.63) is 37.6 Å². The largest absolute Gasteiger partial charge is 0.493 e. The van der Waals surface area contributed by atoms with Crippen molar-refractivity contribution in [3.8, 4) is 5.88 Å². The van der Waals surface area contributed by atoms with Gasteiger partial charge in [-0.15, -0.1) is 11.3 Å². The Morgan fingerprint density at radius 1 is 1.50 bits per heavy atom. The van der Waals surface area contributed by atoms with Gasteiger partial charge in [-0.05, 0) is 36.5 Å². The second-order valence-corrected chi connectivity index (χ2v) is 6.67. The number of carboxylic acid groups (broad SMARTS) is 1. The molecule has 112 valence electrons. The van der Waals surface area contributed by atoms with Crippen molar-refractivity contribution in [2.75, 3.05) is 0 Å². The summed E-state index contributed by atoms with van der Waals surface area (Å²) in [4.78, 5) is 15.6. The molecule has 0 atom stereocenters. The summed E-state index contributed by atoms with van der Waals surface area (Å²) in [7, 11) is 0. The van der Waals surface area contributed by atoms with Gasteiger partial charge in [-0.25, -0.2) is 0 Å². The van der Waals surface area contributed by atoms with Crippen molar-refractivity contribution >= 4 is 64.7 Å². The van der Waals surface area contributed by atoms with Crippen LogP contribution in [-0.2, 0) is 11.3 Å². The molecule has 0 spiro atoms. The number of allylic oxidation sites excluding steroid dienone is 1. The Morgan fingerprint density at radius 3 is 3.00 bits per heavy atom. The van der Waals surface area contributed by atoms with Gasteiger partial charge in [0, 0.05) is 22.4 Å². The van der Waals surface area contributed by atoms with Gasteiger partial charge in [0.15, 0.2) is 3.95 Å². The SMILES string of the molecule is O=C(O)Cn1c(O)c(/C=C2\C=Nc3ccc(Cl)cc32)sc1=S. The summed E-state index contributed by atoms with van der Waals surface area (Å²) in [6.45, 7) is -0.374. The number of rotatable bonds is 3. The van der Waals surface area contributed by atoms with Crippen molar-refractivity contribution in [2.45, 2.75) is 6.54 Å². The zero-order valence-electron chi connectivity index (χ0n) is 11.0. The molecule has 8 heteroatoms. The second-order valence-electron chi connectivity index (χ2n) is 4.56. The van der Waals surface area contributed by atoms with Gasteiger partial charge >= 0.3 is 5.97 Å².